The van der Waals surface area contributed by atoms with Crippen LogP contribution in [0, 0.1) is 0 Å². The lowest BCUT2D eigenvalue weighted by atomic mass is 10.00. The van der Waals surface area contributed by atoms with Gasteiger partial charge in [-0.05, 0) is 43.2 Å². The molecule has 3 atom stereocenters. The maximum atomic E-state index is 12.8. The van der Waals surface area contributed by atoms with Crippen molar-refractivity contribution >= 4 is 50.1 Å². The Morgan fingerprint density at radius 2 is 1.46 bits per heavy atom. The highest BCUT2D eigenvalue weighted by atomic mass is 32.1. The van der Waals surface area contributed by atoms with Crippen LogP contribution in [0.5, 0.6) is 0 Å². The summed E-state index contributed by atoms with van der Waals surface area (Å²) >= 11 is 5.06. The van der Waals surface area contributed by atoms with Crippen molar-refractivity contribution in [1.82, 2.24) is 24.9 Å². The number of carbonyl (C=O) groups is 5. The third-order valence-corrected chi connectivity index (χ3v) is 12.4. The van der Waals surface area contributed by atoms with Gasteiger partial charge in [0.05, 0.1) is 43.8 Å². The van der Waals surface area contributed by atoms with Gasteiger partial charge in [0.2, 0.25) is 13.3 Å². The number of carboxylic acid groups (broad SMARTS) is 3. The Bertz CT molecular complexity index is 1440. The minimum atomic E-state index is -3.32. The van der Waals surface area contributed by atoms with Crippen molar-refractivity contribution < 1.29 is 58.6 Å². The maximum absolute atomic E-state index is 12.8. The lowest BCUT2D eigenvalue weighted by Crippen LogP contribution is -2.59. The van der Waals surface area contributed by atoms with Crippen molar-refractivity contribution in [3.63, 3.8) is 0 Å². The molecule has 6 N–H and O–H groups in total. The number of aldehydes is 1. The fraction of sp³-hybridized carbons (Fsp3) is 0.711. The standard InChI is InChI=1S/C38H64N5O12PS/c1-2-20-55-21-12-34(46)39-13-4-3-5-22-56(53,54)23-6-7-31-8-10-32(11-9-31)24-38(57)30-41(26-36(49)50)15-18-42(33(28-44)29-45)17-14-40(25-35(47)48)16-19-43(38)27-37(51)52/h8-11,28,33,45,57H,2-7,12-27,29-30H2,1H3,(H,39,46)(H,47,48)(H,49,50)(H,51,52)(H,53,54)/t33?,38-/m0/s1. The summed E-state index contributed by atoms with van der Waals surface area (Å²) in [6.07, 6.45) is 5.50. The van der Waals surface area contributed by atoms with Gasteiger partial charge >= 0.3 is 17.9 Å². The van der Waals surface area contributed by atoms with Gasteiger partial charge in [0, 0.05) is 84.1 Å². The van der Waals surface area contributed by atoms with Crippen LogP contribution in [-0.2, 0) is 46.1 Å². The molecule has 0 saturated carbocycles. The molecule has 1 amide bonds. The number of rotatable bonds is 26. The first-order chi connectivity index (χ1) is 27.1. The monoisotopic (exact) mass is 845 g/mol. The predicted octanol–water partition coefficient (Wildman–Crippen LogP) is 1.20. The molecule has 1 aromatic rings. The minimum Gasteiger partial charge on any atom is -0.480 e. The quantitative estimate of drug-likeness (QED) is 0.0300. The summed E-state index contributed by atoms with van der Waals surface area (Å²) in [7, 11) is -3.32. The van der Waals surface area contributed by atoms with E-state index in [4.69, 9.17) is 17.4 Å². The van der Waals surface area contributed by atoms with Crippen LogP contribution in [0.3, 0.4) is 0 Å². The molecule has 0 radical (unpaired) electrons. The lowest BCUT2D eigenvalue weighted by molar-refractivity contribution is -0.142. The van der Waals surface area contributed by atoms with E-state index in [1.807, 2.05) is 31.2 Å². The molecular formula is C38H64N5O12PS. The van der Waals surface area contributed by atoms with Gasteiger partial charge in [0.25, 0.3) is 0 Å². The van der Waals surface area contributed by atoms with E-state index in [9.17, 15) is 53.9 Å². The van der Waals surface area contributed by atoms with E-state index in [1.165, 1.54) is 0 Å². The first-order valence-electron chi connectivity index (χ1n) is 19.7. The number of carbonyl (C=O) groups excluding carboxylic acids is 2. The molecule has 1 fully saturated rings. The van der Waals surface area contributed by atoms with E-state index in [0.29, 0.717) is 51.7 Å². The number of unbranched alkanes of at least 4 members (excludes halogenated alkanes) is 2. The van der Waals surface area contributed by atoms with Crippen LogP contribution in [-0.4, -0.2) is 190 Å². The van der Waals surface area contributed by atoms with E-state index in [2.05, 4.69) is 5.32 Å². The van der Waals surface area contributed by atoms with E-state index in [1.54, 1.807) is 19.6 Å². The van der Waals surface area contributed by atoms with Gasteiger partial charge in [-0.3, -0.25) is 43.3 Å². The van der Waals surface area contributed by atoms with Crippen LogP contribution in [0.25, 0.3) is 0 Å². The molecule has 0 spiro atoms. The molecule has 324 valence electrons. The Kier molecular flexibility index (Phi) is 23.7. The summed E-state index contributed by atoms with van der Waals surface area (Å²) in [4.78, 5) is 75.4. The topological polar surface area (TPSA) is 238 Å². The molecule has 2 unspecified atom stereocenters. The molecule has 1 aromatic carbocycles. The van der Waals surface area contributed by atoms with Gasteiger partial charge < -0.3 is 40.2 Å². The number of benzene rings is 1. The summed E-state index contributed by atoms with van der Waals surface area (Å²) < 4.78 is 18.2. The van der Waals surface area contributed by atoms with Crippen LogP contribution < -0.4 is 5.32 Å². The first-order valence-corrected chi connectivity index (χ1v) is 22.2. The number of aliphatic hydroxyl groups is 1. The van der Waals surface area contributed by atoms with Gasteiger partial charge in [0.15, 0.2) is 0 Å². The zero-order valence-electron chi connectivity index (χ0n) is 33.2. The number of aliphatic carboxylic acids is 3. The van der Waals surface area contributed by atoms with Crippen LogP contribution in [0.2, 0.25) is 0 Å². The Hall–Kier alpha value is -2.93. The molecule has 0 aliphatic carbocycles. The molecule has 1 heterocycles. The number of nitrogens with zero attached hydrogens (tertiary/aromatic N) is 4. The summed E-state index contributed by atoms with van der Waals surface area (Å²) in [6, 6.07) is 6.65. The zero-order valence-corrected chi connectivity index (χ0v) is 35.0. The molecule has 17 nitrogen and oxygen atoms in total. The summed E-state index contributed by atoms with van der Waals surface area (Å²) in [6.45, 7) is 2.85. The summed E-state index contributed by atoms with van der Waals surface area (Å²) in [5.74, 6) is -3.40. The molecule has 0 aromatic heterocycles. The van der Waals surface area contributed by atoms with Crippen molar-refractivity contribution in [2.45, 2.75) is 69.2 Å². The smallest absolute Gasteiger partial charge is 0.317 e. The second kappa shape index (κ2) is 26.9. The number of aryl methyl sites for hydroxylation is 1. The number of hydrogen-bond donors (Lipinski definition) is 7. The second-order valence-corrected chi connectivity index (χ2v) is 18.1. The van der Waals surface area contributed by atoms with Crippen LogP contribution >= 0.6 is 20.0 Å². The average molecular weight is 846 g/mol. The highest BCUT2D eigenvalue weighted by Gasteiger charge is 2.38. The van der Waals surface area contributed by atoms with Gasteiger partial charge in [-0.25, -0.2) is 0 Å². The Morgan fingerprint density at radius 3 is 2.07 bits per heavy atom. The molecule has 1 saturated heterocycles. The molecule has 2 rings (SSSR count). The van der Waals surface area contributed by atoms with Gasteiger partial charge in [0.1, 0.15) is 6.29 Å². The Morgan fingerprint density at radius 1 is 0.860 bits per heavy atom. The Labute approximate surface area is 341 Å². The highest BCUT2D eigenvalue weighted by Crippen LogP contribution is 2.42. The van der Waals surface area contributed by atoms with Crippen molar-refractivity contribution in [1.29, 1.82) is 0 Å². The van der Waals surface area contributed by atoms with Crippen molar-refractivity contribution in [3.8, 4) is 0 Å². The van der Waals surface area contributed by atoms with Crippen LogP contribution in [0.4, 0.5) is 0 Å². The fourth-order valence-corrected chi connectivity index (χ4v) is 8.91. The SMILES string of the molecule is CCCOCCC(=O)NCCCCCP(=O)(O)CCCc1ccc(C[C@]2(S)CN(CC(=O)O)CCN(C(C=O)CO)CCN(CC(=O)O)CCN2CC(=O)O)cc1. The number of ether oxygens (including phenoxy) is 1. The van der Waals surface area contributed by atoms with E-state index in [-0.39, 0.29) is 77.0 Å². The van der Waals surface area contributed by atoms with Crippen LogP contribution in [0.1, 0.15) is 56.6 Å². The molecular weight excluding hydrogens is 781 g/mol. The molecule has 1 aliphatic heterocycles. The summed E-state index contributed by atoms with van der Waals surface area (Å²) in [5.41, 5.74) is 1.72. The average Bonchev–Trinajstić information content (AvgIpc) is 3.13. The van der Waals surface area contributed by atoms with Crippen molar-refractivity contribution in [3.05, 3.63) is 35.4 Å². The predicted molar refractivity (Wildman–Crippen MR) is 218 cm³/mol. The maximum Gasteiger partial charge on any atom is 0.317 e. The zero-order chi connectivity index (χ0) is 42.3. The van der Waals surface area contributed by atoms with Crippen molar-refractivity contribution in [2.24, 2.45) is 0 Å². The molecule has 0 bridgehead atoms. The minimum absolute atomic E-state index is 0.00404. The third-order valence-electron chi connectivity index (χ3n) is 9.83. The van der Waals surface area contributed by atoms with Crippen LogP contribution in [0.15, 0.2) is 24.3 Å². The normalized spacial score (nSPS) is 19.8. The van der Waals surface area contributed by atoms with Gasteiger partial charge in [-0.15, -0.1) is 0 Å². The van der Waals surface area contributed by atoms with Gasteiger partial charge in [-0.1, -0.05) is 37.6 Å². The number of thiol groups is 1. The number of hydrogen-bond acceptors (Lipinski definition) is 13. The number of carboxylic acids is 3. The van der Waals surface area contributed by atoms with E-state index in [0.717, 1.165) is 30.4 Å². The van der Waals surface area contributed by atoms with Crippen molar-refractivity contribution in [2.75, 3.05) is 104 Å². The fourth-order valence-electron chi connectivity index (χ4n) is 6.76. The lowest BCUT2D eigenvalue weighted by Gasteiger charge is -2.44. The largest absolute Gasteiger partial charge is 0.480 e. The third kappa shape index (κ3) is 21.1. The number of aliphatic hydroxyl groups excluding tert-OH is 1. The van der Waals surface area contributed by atoms with E-state index < -0.39 is 55.9 Å². The molecule has 19 heteroatoms. The first kappa shape index (κ1) is 50.2. The summed E-state index contributed by atoms with van der Waals surface area (Å²) in [5, 5.41) is 42.0. The Balaban J connectivity index is 2.11. The molecule has 57 heavy (non-hydrogen) atoms. The number of nitrogens with one attached hydrogen (secondary N) is 1. The van der Waals surface area contributed by atoms with Gasteiger partial charge in [-0.2, -0.15) is 12.6 Å². The molecule has 1 aliphatic rings. The second-order valence-electron chi connectivity index (χ2n) is 14.7. The highest BCUT2D eigenvalue weighted by molar-refractivity contribution is 7.81. The number of amides is 1. The van der Waals surface area contributed by atoms with E-state index >= 15 is 0 Å².